The van der Waals surface area contributed by atoms with Crippen LogP contribution < -0.4 is 92.9 Å². The molecule has 3 aliphatic rings. The quantitative estimate of drug-likeness (QED) is 0.0133. The molecule has 0 spiro atoms. The van der Waals surface area contributed by atoms with Gasteiger partial charge in [0.15, 0.2) is 17.7 Å². The molecule has 3 fully saturated rings. The highest BCUT2D eigenvalue weighted by atomic mass is 125. The van der Waals surface area contributed by atoms with E-state index in [1.54, 1.807) is 41.5 Å². The second-order valence-corrected chi connectivity index (χ2v) is 32.2. The number of nitrogens with two attached hydrogens (primary N) is 6. The van der Waals surface area contributed by atoms with Crippen LogP contribution in [0, 0.1) is 15.4 Å². The number of guanidine groups is 2. The van der Waals surface area contributed by atoms with Gasteiger partial charge in [-0.1, -0.05) is 66.2 Å². The Morgan fingerprint density at radius 2 is 1.01 bits per heavy atom. The number of Topliss-reactive ketones (excluding diaryl/α,β-unsaturated/α-hetero) is 1. The molecule has 27 N–H and O–H groups in total. The zero-order valence-electron chi connectivity index (χ0n) is 68.6. The van der Waals surface area contributed by atoms with Crippen LogP contribution >= 0.6 is 22.6 Å². The van der Waals surface area contributed by atoms with Crippen molar-refractivity contribution in [2.45, 2.75) is 261 Å². The van der Waals surface area contributed by atoms with Gasteiger partial charge in [0.2, 0.25) is 76.8 Å². The molecule has 3 saturated heterocycles. The van der Waals surface area contributed by atoms with E-state index in [1.165, 1.54) is 52.3 Å². The Balaban J connectivity index is 1.42. The third-order valence-electron chi connectivity index (χ3n) is 20.5. The van der Waals surface area contributed by atoms with Crippen LogP contribution in [0.1, 0.15) is 175 Å². The average Bonchev–Trinajstić information content (AvgIpc) is 1.62. The molecule has 3 heterocycles. The zero-order valence-corrected chi connectivity index (χ0v) is 70.8. The Morgan fingerprint density at radius 3 is 1.51 bits per heavy atom. The summed E-state index contributed by atoms with van der Waals surface area (Å²) in [6.07, 6.45) is -2.01. The number of phenols is 2. The first-order valence-corrected chi connectivity index (χ1v) is 41.5. The molecule has 0 unspecified atom stereocenters. The predicted octanol–water partition coefficient (Wildman–Crippen LogP) is -3.41. The number of carboxylic acids is 2. The minimum atomic E-state index is -1.93. The third kappa shape index (κ3) is 32.9. The minimum absolute atomic E-state index is 0.00404. The molecule has 3 aliphatic heterocycles. The lowest BCUT2D eigenvalue weighted by atomic mass is 9.91. The number of nitrogens with zero attached hydrogens (tertiary/aromatic N) is 4. The molecule has 2 aromatic carbocycles. The number of unbranched alkanes of at least 4 members (excludes halogenated alkanes) is 1. The van der Waals surface area contributed by atoms with Gasteiger partial charge in [-0.15, -0.1) is 0 Å². The SMILES string of the molecule is CC[C@H](C)[C@H](NC(=O)[C@H](Cc1ccc(O)cc1)NC(=O)[C@@H]1CCCN1C(=O)[C@H](CCCN=C(N)N)NC(=O)[C@H](CCCN=C(N)N)NC(=O)[C@@H]1CCCN1C(=O)[C@H](CCCCN)NC(=O)[C@H](CC(N)=O)NC(=O)[C@H](CCC(=O)O)NC(=O)[C@H](Cc1ccc(O)c([125I])c1)NC(=O)[C@H](CC(C)C)NC(=O)[C@@H]1CCC(=O)N1)C(=O)C[C@@H](NC(C)C)C(=O)O. The third-order valence-corrected chi connectivity index (χ3v) is 21.4. The number of aliphatic carboxylic acids is 2. The van der Waals surface area contributed by atoms with E-state index < -0.39 is 199 Å². The minimum Gasteiger partial charge on any atom is -0.508 e. The number of carbonyl (C=O) groups excluding carboxylic acids is 14. The van der Waals surface area contributed by atoms with Crippen molar-refractivity contribution in [2.75, 3.05) is 32.7 Å². The molecule has 0 aromatic heterocycles. The maximum atomic E-state index is 15.2. The van der Waals surface area contributed by atoms with Crippen molar-refractivity contribution in [1.82, 2.24) is 68.3 Å². The summed E-state index contributed by atoms with van der Waals surface area (Å²) in [5.74, 6) is -16.3. The van der Waals surface area contributed by atoms with Crippen LogP contribution in [0.3, 0.4) is 0 Å². The maximum absolute atomic E-state index is 15.2. The number of hydrogen-bond donors (Lipinski definition) is 21. The second-order valence-electron chi connectivity index (χ2n) is 31.1. The lowest BCUT2D eigenvalue weighted by Crippen LogP contribution is -2.61. The number of carbonyl (C=O) groups is 16. The van der Waals surface area contributed by atoms with Crippen LogP contribution in [0.25, 0.3) is 0 Å². The largest absolute Gasteiger partial charge is 0.508 e. The highest BCUT2D eigenvalue weighted by Crippen LogP contribution is 2.26. The fraction of sp³-hybridized carbons (Fsp3) is 0.615. The van der Waals surface area contributed by atoms with E-state index in [4.69, 9.17) is 34.4 Å². The fourth-order valence-corrected chi connectivity index (χ4v) is 14.7. The number of nitrogens with one attached hydrogen (secondary N) is 11. The summed E-state index contributed by atoms with van der Waals surface area (Å²) in [5.41, 5.74) is 35.0. The predicted molar refractivity (Wildman–Crippen MR) is 446 cm³/mol. The molecule has 13 amide bonds. The first kappa shape index (κ1) is 99.5. The summed E-state index contributed by atoms with van der Waals surface area (Å²) in [4.78, 5) is 235. The average molecular weight is 1800 g/mol. The van der Waals surface area contributed by atoms with Crippen LogP contribution in [-0.2, 0) is 89.6 Å². The van der Waals surface area contributed by atoms with Gasteiger partial charge in [0.05, 0.1) is 16.0 Å². The number of amides is 13. The number of halogens is 1. The summed E-state index contributed by atoms with van der Waals surface area (Å²) < 4.78 is 0.350. The van der Waals surface area contributed by atoms with Crippen LogP contribution in [-0.4, -0.2) is 254 Å². The van der Waals surface area contributed by atoms with E-state index in [-0.39, 0.29) is 170 Å². The van der Waals surface area contributed by atoms with Crippen molar-refractivity contribution in [3.63, 3.8) is 0 Å². The molecule has 664 valence electrons. The molecule has 120 heavy (non-hydrogen) atoms. The van der Waals surface area contributed by atoms with Gasteiger partial charge in [-0.2, -0.15) is 0 Å². The molecular formula is C78H120IN21O20. The highest BCUT2D eigenvalue weighted by molar-refractivity contribution is 14.1. The molecule has 5 rings (SSSR count). The first-order chi connectivity index (χ1) is 56.7. The van der Waals surface area contributed by atoms with Crippen molar-refractivity contribution in [1.29, 1.82) is 0 Å². The van der Waals surface area contributed by atoms with Crippen molar-refractivity contribution in [2.24, 2.45) is 56.2 Å². The van der Waals surface area contributed by atoms with E-state index in [2.05, 4.69) is 68.5 Å². The smallest absolute Gasteiger partial charge is 0.321 e. The second kappa shape index (κ2) is 49.5. The summed E-state index contributed by atoms with van der Waals surface area (Å²) in [6, 6.07) is -8.83. The van der Waals surface area contributed by atoms with Gasteiger partial charge in [0.1, 0.15) is 84.0 Å². The highest BCUT2D eigenvalue weighted by Gasteiger charge is 2.44. The maximum Gasteiger partial charge on any atom is 0.321 e. The summed E-state index contributed by atoms with van der Waals surface area (Å²) in [6.45, 7) is 10.4. The molecule has 14 atom stereocenters. The van der Waals surface area contributed by atoms with Crippen molar-refractivity contribution >= 4 is 129 Å². The Morgan fingerprint density at radius 1 is 0.542 bits per heavy atom. The van der Waals surface area contributed by atoms with Gasteiger partial charge in [0, 0.05) is 64.3 Å². The first-order valence-electron chi connectivity index (χ1n) is 40.4. The molecule has 0 radical (unpaired) electrons. The number of aromatic hydroxyl groups is 2. The molecular weight excluding hydrogens is 1680 g/mol. The fourth-order valence-electron chi connectivity index (χ4n) is 14.1. The van der Waals surface area contributed by atoms with Gasteiger partial charge in [-0.25, -0.2) is 0 Å². The number of aliphatic imine (C=N–C) groups is 2. The van der Waals surface area contributed by atoms with E-state index >= 15 is 9.59 Å². The number of likely N-dealkylation sites (tertiary alicyclic amines) is 2. The molecule has 0 saturated carbocycles. The summed E-state index contributed by atoms with van der Waals surface area (Å²) in [5, 5.41) is 69.4. The van der Waals surface area contributed by atoms with Gasteiger partial charge >= 0.3 is 11.9 Å². The van der Waals surface area contributed by atoms with Gasteiger partial charge in [0.25, 0.3) is 0 Å². The zero-order chi connectivity index (χ0) is 89.2. The summed E-state index contributed by atoms with van der Waals surface area (Å²) in [7, 11) is 0. The van der Waals surface area contributed by atoms with E-state index in [0.29, 0.717) is 27.5 Å². The van der Waals surface area contributed by atoms with Crippen molar-refractivity contribution in [3.8, 4) is 11.5 Å². The number of rotatable bonds is 51. The standard InChI is InChI=1S/C78H120IN21O20/c1-7-42(6)64(60(103)38-56(76(119)120)88-41(4)5)98-71(114)53(36-43-19-22-45(101)23-20-43)97-73(116)58-18-13-33-100(58)75(118)51(16-11-31-87-78(84)85)92-65(108)47(15-10-30-86-77(82)83)91-72(115)57-17-12-32-99(57)74(117)50(14-8-9-29-80)93-70(113)55(39-61(81)104)96-67(110)49(25-28-63(106)107)90-69(112)54(37-44-21-26-59(102)46(79)35-44)95-68(111)52(34-40(2)3)94-66(109)48-24-27-62(105)89-48/h19-23,26,35,40-42,47-58,64,88,101-102H,7-18,24-25,27-34,36-39,80H2,1-6H3,(H2,81,104)(H,89,105)(H,90,112)(H,91,115)(H,92,108)(H,93,113)(H,94,109)(H,95,111)(H,96,110)(H,97,116)(H,98,114)(H,106,107)(H,119,120)(H4,82,83,86)(H4,84,85,87)/t42-,47-,48-,49-,50-,51-,52-,53-,54-,55-,56+,57-,58-,64-/m0/s1/i79-2. The van der Waals surface area contributed by atoms with Gasteiger partial charge < -0.3 is 123 Å². The van der Waals surface area contributed by atoms with E-state index in [0.717, 1.165) is 0 Å². The molecule has 42 heteroatoms. The topological polar surface area (TPSA) is 674 Å². The Bertz CT molecular complexity index is 3990. The van der Waals surface area contributed by atoms with Crippen LogP contribution in [0.4, 0.5) is 0 Å². The van der Waals surface area contributed by atoms with Gasteiger partial charge in [-0.3, -0.25) is 86.7 Å². The number of benzene rings is 2. The van der Waals surface area contributed by atoms with Crippen molar-refractivity contribution < 1.29 is 97.1 Å². The number of carboxylic acid groups (broad SMARTS) is 2. The molecule has 2 aromatic rings. The lowest BCUT2D eigenvalue weighted by molar-refractivity contribution is -0.144. The number of phenolic OH excluding ortho intramolecular Hbond substituents is 2. The lowest BCUT2D eigenvalue weighted by Gasteiger charge is -2.32. The van der Waals surface area contributed by atoms with Crippen LogP contribution in [0.5, 0.6) is 11.5 Å². The Hall–Kier alpha value is -11.1. The van der Waals surface area contributed by atoms with E-state index in [1.807, 2.05) is 22.6 Å². The van der Waals surface area contributed by atoms with Crippen LogP contribution in [0.2, 0.25) is 0 Å². The monoisotopic (exact) mass is 1800 g/mol. The number of hydrogen-bond acceptors (Lipinski definition) is 22. The van der Waals surface area contributed by atoms with E-state index in [9.17, 15) is 87.5 Å². The molecule has 41 nitrogen and oxygen atoms in total. The van der Waals surface area contributed by atoms with Crippen LogP contribution in [0.15, 0.2) is 52.4 Å². The number of ketones is 1. The Kier molecular flexibility index (Phi) is 41.0. The summed E-state index contributed by atoms with van der Waals surface area (Å²) >= 11 is 1.84. The Labute approximate surface area is 709 Å². The molecule has 0 aliphatic carbocycles. The molecule has 0 bridgehead atoms. The van der Waals surface area contributed by atoms with Crippen molar-refractivity contribution in [3.05, 3.63) is 57.2 Å². The van der Waals surface area contributed by atoms with Gasteiger partial charge in [-0.05, 0) is 166 Å². The number of primary amides is 1. The normalized spacial score (nSPS) is 17.8.